The van der Waals surface area contributed by atoms with E-state index in [-0.39, 0.29) is 0 Å². The van der Waals surface area contributed by atoms with Gasteiger partial charge in [0, 0.05) is 17.1 Å². The van der Waals surface area contributed by atoms with Crippen LogP contribution < -0.4 is 16.2 Å². The zero-order valence-corrected chi connectivity index (χ0v) is 15.4. The average molecular weight is 386 g/mol. The molecule has 1 aromatic heterocycles. The maximum absolute atomic E-state index is 11.6. The maximum atomic E-state index is 11.6. The predicted molar refractivity (Wildman–Crippen MR) is 109 cm³/mol. The third-order valence-electron chi connectivity index (χ3n) is 4.55. The van der Waals surface area contributed by atoms with Crippen LogP contribution in [-0.2, 0) is 6.61 Å². The van der Waals surface area contributed by atoms with E-state index in [4.69, 9.17) is 16.2 Å². The van der Waals surface area contributed by atoms with Gasteiger partial charge in [-0.25, -0.2) is 4.68 Å². The van der Waals surface area contributed by atoms with Gasteiger partial charge in [-0.2, -0.15) is 5.10 Å². The monoisotopic (exact) mass is 386 g/mol. The molecule has 4 N–H and O–H groups in total. The number of hydrogen-bond acceptors (Lipinski definition) is 4. The first-order valence-corrected chi connectivity index (χ1v) is 8.91. The van der Waals surface area contributed by atoms with Crippen LogP contribution in [0.25, 0.3) is 16.6 Å². The summed E-state index contributed by atoms with van der Waals surface area (Å²) in [5, 5.41) is 5.32. The highest BCUT2D eigenvalue weighted by Crippen LogP contribution is 2.21. The van der Waals surface area contributed by atoms with E-state index < -0.39 is 11.8 Å². The Kier molecular flexibility index (Phi) is 4.70. The van der Waals surface area contributed by atoms with Crippen LogP contribution in [-0.4, -0.2) is 21.6 Å². The molecule has 0 aliphatic carbocycles. The molecule has 0 aliphatic heterocycles. The van der Waals surface area contributed by atoms with Gasteiger partial charge in [0.25, 0.3) is 5.91 Å². The molecule has 7 heteroatoms. The molecular weight excluding hydrogens is 368 g/mol. The third-order valence-corrected chi connectivity index (χ3v) is 4.55. The summed E-state index contributed by atoms with van der Waals surface area (Å²) < 4.78 is 7.48. The number of hydrogen-bond donors (Lipinski definition) is 2. The number of aromatic nitrogens is 2. The predicted octanol–water partition coefficient (Wildman–Crippen LogP) is 2.80. The molecule has 0 spiro atoms. The molecule has 0 bridgehead atoms. The minimum atomic E-state index is -0.506. The Balaban J connectivity index is 1.49. The highest BCUT2D eigenvalue weighted by Gasteiger charge is 2.11. The minimum Gasteiger partial charge on any atom is -0.489 e. The van der Waals surface area contributed by atoms with Crippen molar-refractivity contribution >= 4 is 22.7 Å². The second-order valence-corrected chi connectivity index (χ2v) is 6.53. The van der Waals surface area contributed by atoms with Gasteiger partial charge in [-0.3, -0.25) is 9.59 Å². The molecule has 0 saturated heterocycles. The van der Waals surface area contributed by atoms with E-state index in [1.54, 1.807) is 41.1 Å². The van der Waals surface area contributed by atoms with Crippen molar-refractivity contribution in [2.24, 2.45) is 11.5 Å². The Labute approximate surface area is 166 Å². The number of fused-ring (bicyclic) bond motifs is 1. The Hall–Kier alpha value is -4.13. The van der Waals surface area contributed by atoms with Crippen molar-refractivity contribution in [3.63, 3.8) is 0 Å². The van der Waals surface area contributed by atoms with E-state index >= 15 is 0 Å². The van der Waals surface area contributed by atoms with Gasteiger partial charge in [-0.1, -0.05) is 24.3 Å². The van der Waals surface area contributed by atoms with Crippen LogP contribution in [0.5, 0.6) is 5.75 Å². The molecular formula is C22H18N4O3. The van der Waals surface area contributed by atoms with Crippen molar-refractivity contribution in [3.05, 3.63) is 89.6 Å². The zero-order chi connectivity index (χ0) is 20.4. The van der Waals surface area contributed by atoms with Crippen LogP contribution >= 0.6 is 0 Å². The Morgan fingerprint density at radius 2 is 1.62 bits per heavy atom. The minimum absolute atomic E-state index is 0.367. The van der Waals surface area contributed by atoms with Gasteiger partial charge in [-0.15, -0.1) is 0 Å². The highest BCUT2D eigenvalue weighted by atomic mass is 16.5. The number of carbonyl (C=O) groups is 2. The van der Waals surface area contributed by atoms with Crippen LogP contribution in [0.4, 0.5) is 0 Å². The van der Waals surface area contributed by atoms with Crippen LogP contribution in [0, 0.1) is 0 Å². The second-order valence-electron chi connectivity index (χ2n) is 6.53. The number of carbonyl (C=O) groups excluding carboxylic acids is 2. The number of amides is 2. The van der Waals surface area contributed by atoms with Gasteiger partial charge in [0.1, 0.15) is 17.9 Å². The summed E-state index contributed by atoms with van der Waals surface area (Å²) in [7, 11) is 0. The summed E-state index contributed by atoms with van der Waals surface area (Å²) in [6.45, 7) is 0.367. The fourth-order valence-electron chi connectivity index (χ4n) is 3.00. The van der Waals surface area contributed by atoms with Gasteiger partial charge >= 0.3 is 0 Å². The largest absolute Gasteiger partial charge is 0.489 e. The molecule has 4 rings (SSSR count). The number of rotatable bonds is 6. The van der Waals surface area contributed by atoms with Gasteiger partial charge in [0.15, 0.2) is 0 Å². The fourth-order valence-corrected chi connectivity index (χ4v) is 3.00. The van der Waals surface area contributed by atoms with Crippen LogP contribution in [0.15, 0.2) is 72.9 Å². The summed E-state index contributed by atoms with van der Waals surface area (Å²) in [5.41, 5.74) is 13.8. The molecule has 0 fully saturated rings. The molecule has 2 amide bonds. The van der Waals surface area contributed by atoms with Crippen molar-refractivity contribution in [1.29, 1.82) is 0 Å². The van der Waals surface area contributed by atoms with E-state index in [1.165, 1.54) is 0 Å². The second kappa shape index (κ2) is 7.47. The summed E-state index contributed by atoms with van der Waals surface area (Å²) in [5.74, 6) is -0.266. The molecule has 0 saturated carbocycles. The molecule has 3 aromatic carbocycles. The average Bonchev–Trinajstić information content (AvgIpc) is 3.17. The summed E-state index contributed by atoms with van der Waals surface area (Å²) >= 11 is 0. The van der Waals surface area contributed by atoms with Gasteiger partial charge < -0.3 is 16.2 Å². The first-order valence-electron chi connectivity index (χ1n) is 8.91. The maximum Gasteiger partial charge on any atom is 0.250 e. The van der Waals surface area contributed by atoms with Crippen LogP contribution in [0.3, 0.4) is 0 Å². The molecule has 0 radical (unpaired) electrons. The lowest BCUT2D eigenvalue weighted by atomic mass is 10.1. The molecule has 7 nitrogen and oxygen atoms in total. The van der Waals surface area contributed by atoms with Crippen molar-refractivity contribution in [2.45, 2.75) is 6.61 Å². The summed E-state index contributed by atoms with van der Waals surface area (Å²) in [4.78, 5) is 22.7. The lowest BCUT2D eigenvalue weighted by molar-refractivity contribution is 0.0992. The van der Waals surface area contributed by atoms with Gasteiger partial charge in [0.05, 0.1) is 11.3 Å². The Bertz CT molecular complexity index is 1200. The number of ether oxygens (including phenoxy) is 1. The zero-order valence-electron chi connectivity index (χ0n) is 15.4. The van der Waals surface area contributed by atoms with E-state index in [0.717, 1.165) is 16.6 Å². The van der Waals surface area contributed by atoms with Crippen molar-refractivity contribution < 1.29 is 14.3 Å². The number of nitrogens with zero attached hydrogens (tertiary/aromatic N) is 2. The lowest BCUT2D eigenvalue weighted by Gasteiger charge is -2.08. The molecule has 144 valence electrons. The molecule has 1 heterocycles. The first-order chi connectivity index (χ1) is 14.0. The normalized spacial score (nSPS) is 10.8. The molecule has 0 unspecified atom stereocenters. The lowest BCUT2D eigenvalue weighted by Crippen LogP contribution is -2.11. The van der Waals surface area contributed by atoms with Crippen molar-refractivity contribution in [1.82, 2.24) is 9.78 Å². The SMILES string of the molecule is NC(=O)c1ccc(COc2ccc(-n3cc4cccc(C(N)=O)c4n3)cc2)cc1. The summed E-state index contributed by atoms with van der Waals surface area (Å²) in [6.07, 6.45) is 1.85. The Morgan fingerprint density at radius 1 is 0.897 bits per heavy atom. The standard InChI is InChI=1S/C22H18N4O3/c23-21(27)15-6-4-14(5-7-15)13-29-18-10-8-17(9-11-18)26-12-16-2-1-3-19(22(24)28)20(16)25-26/h1-12H,13H2,(H2,23,27)(H2,24,28). The van der Waals surface area contributed by atoms with E-state index in [9.17, 15) is 9.59 Å². The fraction of sp³-hybridized carbons (Fsp3) is 0.0455. The van der Waals surface area contributed by atoms with Gasteiger partial charge in [0.2, 0.25) is 5.91 Å². The molecule has 29 heavy (non-hydrogen) atoms. The third kappa shape index (κ3) is 3.79. The highest BCUT2D eigenvalue weighted by molar-refractivity contribution is 6.04. The Morgan fingerprint density at radius 3 is 2.28 bits per heavy atom. The first kappa shape index (κ1) is 18.2. The summed E-state index contributed by atoms with van der Waals surface area (Å²) in [6, 6.07) is 19.7. The molecule has 0 aliphatic rings. The van der Waals surface area contributed by atoms with Crippen molar-refractivity contribution in [3.8, 4) is 11.4 Å². The number of benzene rings is 3. The van der Waals surface area contributed by atoms with Crippen molar-refractivity contribution in [2.75, 3.05) is 0 Å². The van der Waals surface area contributed by atoms with E-state index in [1.807, 2.05) is 36.5 Å². The molecule has 0 atom stereocenters. The van der Waals surface area contributed by atoms with Gasteiger partial charge in [-0.05, 0) is 48.0 Å². The van der Waals surface area contributed by atoms with E-state index in [2.05, 4.69) is 5.10 Å². The molecule has 4 aromatic rings. The van der Waals surface area contributed by atoms with Crippen LogP contribution in [0.1, 0.15) is 26.3 Å². The number of nitrogens with two attached hydrogens (primary N) is 2. The number of primary amides is 2. The smallest absolute Gasteiger partial charge is 0.250 e. The van der Waals surface area contributed by atoms with E-state index in [0.29, 0.717) is 29.0 Å². The topological polar surface area (TPSA) is 113 Å². The van der Waals surface area contributed by atoms with Crippen LogP contribution in [0.2, 0.25) is 0 Å². The quantitative estimate of drug-likeness (QED) is 0.530.